The monoisotopic (exact) mass is 542 g/mol. The predicted octanol–water partition coefficient (Wildman–Crippen LogP) is 3.96. The fourth-order valence-electron chi connectivity index (χ4n) is 4.23. The number of hydrogen-bond donors (Lipinski definition) is 2. The minimum Gasteiger partial charge on any atom is -0.494 e. The molecule has 0 aliphatic carbocycles. The van der Waals surface area contributed by atoms with E-state index >= 15 is 0 Å². The first-order valence-corrected chi connectivity index (χ1v) is 12.8. The third-order valence-corrected chi connectivity index (χ3v) is 6.23. The van der Waals surface area contributed by atoms with Crippen LogP contribution < -0.4 is 20.3 Å². The molecule has 11 heteroatoms. The van der Waals surface area contributed by atoms with Crippen LogP contribution in [0.2, 0.25) is 0 Å². The fraction of sp³-hybridized carbons (Fsp3) is 0.276. The third-order valence-electron chi connectivity index (χ3n) is 6.23. The topological polar surface area (TPSA) is 118 Å². The molecule has 2 aromatic carbocycles. The number of methoxy groups -OCH3 is 1. The van der Waals surface area contributed by atoms with Crippen molar-refractivity contribution in [3.8, 4) is 17.1 Å². The van der Waals surface area contributed by atoms with Crippen LogP contribution in [0.1, 0.15) is 6.92 Å². The van der Waals surface area contributed by atoms with Crippen molar-refractivity contribution in [2.24, 2.45) is 0 Å². The second-order valence-electron chi connectivity index (χ2n) is 9.60. The van der Waals surface area contributed by atoms with Crippen LogP contribution in [-0.4, -0.2) is 77.7 Å². The van der Waals surface area contributed by atoms with Gasteiger partial charge in [-0.25, -0.2) is 9.97 Å². The average Bonchev–Trinajstić information content (AvgIpc) is 3.29. The standard InChI is InChI=1S/C29H34N8O3/c1-7-27(39)31-22-16-23(26(40-6)17-25(22)36(5)15-14-35(3)4)33-29-30-13-12-21(32-29)28-20-10-8-9-11-24(20)37(34-28)18-19(2)38/h7-13,16-17H,1,14-15,18H2,2-6H3,(H,31,39)(H,30,32,33). The van der Waals surface area contributed by atoms with E-state index in [-0.39, 0.29) is 18.2 Å². The summed E-state index contributed by atoms with van der Waals surface area (Å²) in [4.78, 5) is 37.3. The number of likely N-dealkylation sites (N-methyl/N-ethyl adjacent to an activating group) is 2. The van der Waals surface area contributed by atoms with E-state index in [9.17, 15) is 9.59 Å². The first-order chi connectivity index (χ1) is 19.2. The molecule has 0 atom stereocenters. The summed E-state index contributed by atoms with van der Waals surface area (Å²) in [6.07, 6.45) is 2.86. The van der Waals surface area contributed by atoms with Crippen molar-refractivity contribution in [2.75, 3.05) is 56.9 Å². The summed E-state index contributed by atoms with van der Waals surface area (Å²) < 4.78 is 7.38. The van der Waals surface area contributed by atoms with Crippen LogP contribution >= 0.6 is 0 Å². The van der Waals surface area contributed by atoms with Crippen LogP contribution in [0.3, 0.4) is 0 Å². The van der Waals surface area contributed by atoms with Gasteiger partial charge < -0.3 is 25.2 Å². The van der Waals surface area contributed by atoms with Crippen LogP contribution in [0, 0.1) is 0 Å². The third kappa shape index (κ3) is 6.44. The van der Waals surface area contributed by atoms with Gasteiger partial charge in [-0.2, -0.15) is 5.10 Å². The molecule has 0 spiro atoms. The largest absolute Gasteiger partial charge is 0.494 e. The number of Topliss-reactive ketones (excluding diaryl/α,β-unsaturated/α-hetero) is 1. The first kappa shape index (κ1) is 28.2. The zero-order valence-corrected chi connectivity index (χ0v) is 23.4. The molecule has 2 N–H and O–H groups in total. The normalized spacial score (nSPS) is 10.9. The van der Waals surface area contributed by atoms with E-state index in [2.05, 4.69) is 32.2 Å². The lowest BCUT2D eigenvalue weighted by atomic mass is 10.1. The number of aromatic nitrogens is 4. The van der Waals surface area contributed by atoms with Crippen LogP contribution in [-0.2, 0) is 16.1 Å². The Bertz CT molecular complexity index is 1550. The molecular formula is C29H34N8O3. The van der Waals surface area contributed by atoms with Crippen molar-refractivity contribution in [2.45, 2.75) is 13.5 Å². The van der Waals surface area contributed by atoms with Crippen molar-refractivity contribution in [1.82, 2.24) is 24.6 Å². The van der Waals surface area contributed by atoms with Gasteiger partial charge in [0.25, 0.3) is 0 Å². The molecule has 0 saturated heterocycles. The Hall–Kier alpha value is -4.77. The zero-order valence-electron chi connectivity index (χ0n) is 23.4. The van der Waals surface area contributed by atoms with Gasteiger partial charge in [0, 0.05) is 37.8 Å². The maximum absolute atomic E-state index is 12.3. The number of ketones is 1. The number of carbonyl (C=O) groups excluding carboxylic acids is 2. The van der Waals surface area contributed by atoms with Gasteiger partial charge in [-0.3, -0.25) is 14.3 Å². The summed E-state index contributed by atoms with van der Waals surface area (Å²) in [6, 6.07) is 13.1. The van der Waals surface area contributed by atoms with E-state index in [1.54, 1.807) is 30.1 Å². The van der Waals surface area contributed by atoms with Gasteiger partial charge in [-0.15, -0.1) is 0 Å². The van der Waals surface area contributed by atoms with E-state index in [0.29, 0.717) is 34.5 Å². The van der Waals surface area contributed by atoms with Crippen molar-refractivity contribution < 1.29 is 14.3 Å². The molecule has 0 fully saturated rings. The Kier molecular flexibility index (Phi) is 8.75. The van der Waals surface area contributed by atoms with Crippen molar-refractivity contribution in [3.05, 3.63) is 61.3 Å². The van der Waals surface area contributed by atoms with Crippen molar-refractivity contribution >= 4 is 45.6 Å². The molecule has 2 aromatic heterocycles. The molecule has 11 nitrogen and oxygen atoms in total. The lowest BCUT2D eigenvalue weighted by Gasteiger charge is -2.26. The van der Waals surface area contributed by atoms with Gasteiger partial charge in [-0.1, -0.05) is 24.8 Å². The van der Waals surface area contributed by atoms with Crippen LogP contribution in [0.15, 0.2) is 61.3 Å². The Morgan fingerprint density at radius 1 is 1.10 bits per heavy atom. The molecule has 0 saturated carbocycles. The summed E-state index contributed by atoms with van der Waals surface area (Å²) in [5.41, 5.74) is 4.02. The maximum Gasteiger partial charge on any atom is 0.247 e. The highest BCUT2D eigenvalue weighted by Crippen LogP contribution is 2.38. The summed E-state index contributed by atoms with van der Waals surface area (Å²) in [7, 11) is 7.55. The minimum atomic E-state index is -0.329. The lowest BCUT2D eigenvalue weighted by Crippen LogP contribution is -2.29. The highest BCUT2D eigenvalue weighted by Gasteiger charge is 2.18. The Morgan fingerprint density at radius 2 is 1.88 bits per heavy atom. The number of carbonyl (C=O) groups is 2. The van der Waals surface area contributed by atoms with Gasteiger partial charge >= 0.3 is 0 Å². The lowest BCUT2D eigenvalue weighted by molar-refractivity contribution is -0.117. The van der Waals surface area contributed by atoms with Crippen LogP contribution in [0.4, 0.5) is 23.0 Å². The summed E-state index contributed by atoms with van der Waals surface area (Å²) in [5.74, 6) is 0.543. The van der Waals surface area contributed by atoms with E-state index in [4.69, 9.17) is 9.72 Å². The zero-order chi connectivity index (χ0) is 28.8. The number of benzene rings is 2. The second kappa shape index (κ2) is 12.4. The molecule has 0 aliphatic rings. The first-order valence-electron chi connectivity index (χ1n) is 12.8. The van der Waals surface area contributed by atoms with Crippen LogP contribution in [0.25, 0.3) is 22.3 Å². The Labute approximate surface area is 233 Å². The number of nitrogens with one attached hydrogen (secondary N) is 2. The number of fused-ring (bicyclic) bond motifs is 1. The van der Waals surface area contributed by atoms with Gasteiger partial charge in [0.05, 0.1) is 41.9 Å². The number of para-hydroxylation sites is 1. The maximum atomic E-state index is 12.3. The van der Waals surface area contributed by atoms with Gasteiger partial charge in [0.2, 0.25) is 11.9 Å². The van der Waals surface area contributed by atoms with Crippen molar-refractivity contribution in [1.29, 1.82) is 0 Å². The molecule has 208 valence electrons. The molecule has 4 aromatic rings. The van der Waals surface area contributed by atoms with E-state index in [0.717, 1.165) is 29.7 Å². The van der Waals surface area contributed by atoms with Gasteiger partial charge in [0.1, 0.15) is 11.4 Å². The van der Waals surface area contributed by atoms with Gasteiger partial charge in [0.15, 0.2) is 5.78 Å². The Morgan fingerprint density at radius 3 is 2.58 bits per heavy atom. The molecule has 0 aliphatic heterocycles. The Balaban J connectivity index is 1.72. The molecular weight excluding hydrogens is 508 g/mol. The minimum absolute atomic E-state index is 0.00657. The SMILES string of the molecule is C=CC(=O)Nc1cc(Nc2nccc(-c3nn(CC(C)=O)c4ccccc34)n2)c(OC)cc1N(C)CCN(C)C. The summed E-state index contributed by atoms with van der Waals surface area (Å²) in [6.45, 7) is 6.83. The molecule has 1 amide bonds. The fourth-order valence-corrected chi connectivity index (χ4v) is 4.23. The number of amides is 1. The summed E-state index contributed by atoms with van der Waals surface area (Å²) in [5, 5.41) is 11.7. The van der Waals surface area contributed by atoms with Gasteiger partial charge in [-0.05, 0) is 45.3 Å². The average molecular weight is 543 g/mol. The smallest absolute Gasteiger partial charge is 0.247 e. The highest BCUT2D eigenvalue weighted by atomic mass is 16.5. The molecule has 0 bridgehead atoms. The molecule has 4 rings (SSSR count). The number of rotatable bonds is 12. The molecule has 2 heterocycles. The van der Waals surface area contributed by atoms with E-state index < -0.39 is 0 Å². The quantitative estimate of drug-likeness (QED) is 0.257. The predicted molar refractivity (Wildman–Crippen MR) is 158 cm³/mol. The number of ether oxygens (including phenoxy) is 1. The molecule has 40 heavy (non-hydrogen) atoms. The molecule has 0 unspecified atom stereocenters. The van der Waals surface area contributed by atoms with E-state index in [1.807, 2.05) is 56.4 Å². The van der Waals surface area contributed by atoms with E-state index in [1.165, 1.54) is 13.0 Å². The van der Waals surface area contributed by atoms with Crippen LogP contribution in [0.5, 0.6) is 5.75 Å². The van der Waals surface area contributed by atoms with Crippen molar-refractivity contribution in [3.63, 3.8) is 0 Å². The number of nitrogens with zero attached hydrogens (tertiary/aromatic N) is 6. The summed E-state index contributed by atoms with van der Waals surface area (Å²) >= 11 is 0. The second-order valence-corrected chi connectivity index (χ2v) is 9.60. The molecule has 0 radical (unpaired) electrons. The number of anilines is 4. The number of hydrogen-bond acceptors (Lipinski definition) is 9. The highest BCUT2D eigenvalue weighted by molar-refractivity contribution is 6.02.